The number of halogens is 1. The van der Waals surface area contributed by atoms with Gasteiger partial charge >= 0.3 is 5.97 Å². The van der Waals surface area contributed by atoms with Crippen molar-refractivity contribution in [2.75, 3.05) is 6.61 Å². The second-order valence-electron chi connectivity index (χ2n) is 3.36. The number of aromatic nitrogens is 2. The molecule has 0 aliphatic heterocycles. The van der Waals surface area contributed by atoms with Gasteiger partial charge in [-0.3, -0.25) is 4.79 Å². The Labute approximate surface area is 100.0 Å². The van der Waals surface area contributed by atoms with Gasteiger partial charge in [-0.25, -0.2) is 0 Å². The van der Waals surface area contributed by atoms with E-state index in [1.165, 1.54) is 0 Å². The first-order valence-electron chi connectivity index (χ1n) is 5.36. The molecule has 1 heterocycles. The molecule has 0 saturated carbocycles. The summed E-state index contributed by atoms with van der Waals surface area (Å²) in [6.45, 7) is 2.25. The Hall–Kier alpha value is -1.16. The quantitative estimate of drug-likeness (QED) is 0.568. The molecule has 1 rings (SSSR count). The summed E-state index contributed by atoms with van der Waals surface area (Å²) in [6, 6.07) is 3.56. The summed E-state index contributed by atoms with van der Waals surface area (Å²) in [5, 5.41) is 8.08. The first kappa shape index (κ1) is 12.9. The van der Waals surface area contributed by atoms with Crippen LogP contribution in [-0.2, 0) is 16.0 Å². The lowest BCUT2D eigenvalue weighted by atomic mass is 10.1. The number of unbranched alkanes of at least 4 members (excludes halogenated alkanes) is 1. The first-order valence-corrected chi connectivity index (χ1v) is 5.74. The van der Waals surface area contributed by atoms with Gasteiger partial charge < -0.3 is 4.74 Å². The Bertz CT molecular complexity index is 327. The SMILES string of the molecule is CCOC(=O)CCCCc1ccc(Cl)nn1. The molecule has 5 heteroatoms. The molecule has 16 heavy (non-hydrogen) atoms. The topological polar surface area (TPSA) is 52.1 Å². The fourth-order valence-electron chi connectivity index (χ4n) is 1.29. The van der Waals surface area contributed by atoms with Crippen molar-refractivity contribution in [2.45, 2.75) is 32.6 Å². The predicted molar refractivity (Wildman–Crippen MR) is 61.2 cm³/mol. The molecule has 0 aliphatic rings. The van der Waals surface area contributed by atoms with E-state index in [-0.39, 0.29) is 5.97 Å². The minimum absolute atomic E-state index is 0.135. The van der Waals surface area contributed by atoms with E-state index in [0.717, 1.165) is 25.0 Å². The van der Waals surface area contributed by atoms with Gasteiger partial charge in [-0.1, -0.05) is 11.6 Å². The molecule has 0 aromatic carbocycles. The van der Waals surface area contributed by atoms with Gasteiger partial charge in [0.25, 0.3) is 0 Å². The Morgan fingerprint density at radius 1 is 1.38 bits per heavy atom. The van der Waals surface area contributed by atoms with Gasteiger partial charge in [-0.2, -0.15) is 5.10 Å². The Kier molecular flexibility index (Phi) is 5.78. The molecule has 0 fully saturated rings. The van der Waals surface area contributed by atoms with Crippen LogP contribution in [0.1, 0.15) is 31.9 Å². The molecule has 1 aromatic heterocycles. The van der Waals surface area contributed by atoms with Crippen molar-refractivity contribution in [3.05, 3.63) is 23.0 Å². The predicted octanol–water partition coefficient (Wildman–Crippen LogP) is 2.41. The van der Waals surface area contributed by atoms with E-state index in [1.807, 2.05) is 6.07 Å². The fourth-order valence-corrected chi connectivity index (χ4v) is 1.39. The van der Waals surface area contributed by atoms with E-state index in [4.69, 9.17) is 16.3 Å². The molecule has 0 unspecified atom stereocenters. The number of carbonyl (C=O) groups is 1. The maximum Gasteiger partial charge on any atom is 0.305 e. The number of ether oxygens (including phenoxy) is 1. The number of carbonyl (C=O) groups excluding carboxylic acids is 1. The smallest absolute Gasteiger partial charge is 0.305 e. The highest BCUT2D eigenvalue weighted by atomic mass is 35.5. The minimum atomic E-state index is -0.135. The lowest BCUT2D eigenvalue weighted by Crippen LogP contribution is -2.03. The van der Waals surface area contributed by atoms with Crippen LogP contribution in [-0.4, -0.2) is 22.8 Å². The van der Waals surface area contributed by atoms with E-state index in [9.17, 15) is 4.79 Å². The third-order valence-electron chi connectivity index (χ3n) is 2.06. The molecule has 4 nitrogen and oxygen atoms in total. The molecular formula is C11H15ClN2O2. The zero-order valence-electron chi connectivity index (χ0n) is 9.28. The van der Waals surface area contributed by atoms with Gasteiger partial charge in [0, 0.05) is 6.42 Å². The van der Waals surface area contributed by atoms with E-state index in [0.29, 0.717) is 18.2 Å². The lowest BCUT2D eigenvalue weighted by molar-refractivity contribution is -0.143. The second-order valence-corrected chi connectivity index (χ2v) is 3.75. The average Bonchev–Trinajstić information content (AvgIpc) is 2.27. The number of hydrogen-bond donors (Lipinski definition) is 0. The average molecular weight is 243 g/mol. The van der Waals surface area contributed by atoms with Gasteiger partial charge in [-0.05, 0) is 38.3 Å². The van der Waals surface area contributed by atoms with Crippen molar-refractivity contribution in [3.63, 3.8) is 0 Å². The number of aryl methyl sites for hydroxylation is 1. The van der Waals surface area contributed by atoms with Crippen LogP contribution in [0.15, 0.2) is 12.1 Å². The first-order chi connectivity index (χ1) is 7.72. The standard InChI is InChI=1S/C11H15ClN2O2/c1-2-16-11(15)6-4-3-5-9-7-8-10(12)14-13-9/h7-8H,2-6H2,1H3. The molecule has 0 N–H and O–H groups in total. The maximum absolute atomic E-state index is 11.0. The van der Waals surface area contributed by atoms with Crippen molar-refractivity contribution < 1.29 is 9.53 Å². The van der Waals surface area contributed by atoms with Crippen molar-refractivity contribution in [1.82, 2.24) is 10.2 Å². The number of hydrogen-bond acceptors (Lipinski definition) is 4. The zero-order chi connectivity index (χ0) is 11.8. The third-order valence-corrected chi connectivity index (χ3v) is 2.26. The van der Waals surface area contributed by atoms with Crippen molar-refractivity contribution in [1.29, 1.82) is 0 Å². The molecule has 0 radical (unpaired) electrons. The van der Waals surface area contributed by atoms with E-state index in [1.54, 1.807) is 13.0 Å². The minimum Gasteiger partial charge on any atom is -0.466 e. The zero-order valence-corrected chi connectivity index (χ0v) is 10.0. The van der Waals surface area contributed by atoms with Gasteiger partial charge in [0.1, 0.15) is 0 Å². The molecule has 0 aliphatic carbocycles. The van der Waals surface area contributed by atoms with Crippen LogP contribution < -0.4 is 0 Å². The fraction of sp³-hybridized carbons (Fsp3) is 0.545. The highest BCUT2D eigenvalue weighted by molar-refractivity contribution is 6.29. The summed E-state index contributed by atoms with van der Waals surface area (Å²) in [4.78, 5) is 11.0. The summed E-state index contributed by atoms with van der Waals surface area (Å²) in [6.07, 6.45) is 2.98. The molecule has 0 amide bonds. The highest BCUT2D eigenvalue weighted by Gasteiger charge is 2.02. The van der Waals surface area contributed by atoms with Gasteiger partial charge in [-0.15, -0.1) is 5.10 Å². The van der Waals surface area contributed by atoms with Crippen LogP contribution in [0, 0.1) is 0 Å². The van der Waals surface area contributed by atoms with Gasteiger partial charge in [0.05, 0.1) is 12.3 Å². The van der Waals surface area contributed by atoms with Crippen LogP contribution in [0.5, 0.6) is 0 Å². The largest absolute Gasteiger partial charge is 0.466 e. The van der Waals surface area contributed by atoms with E-state index in [2.05, 4.69) is 10.2 Å². The summed E-state index contributed by atoms with van der Waals surface area (Å²) < 4.78 is 4.83. The van der Waals surface area contributed by atoms with E-state index < -0.39 is 0 Å². The van der Waals surface area contributed by atoms with Crippen LogP contribution in [0.3, 0.4) is 0 Å². The van der Waals surface area contributed by atoms with Crippen LogP contribution >= 0.6 is 11.6 Å². The third kappa shape index (κ3) is 5.07. The van der Waals surface area contributed by atoms with Crippen LogP contribution in [0.25, 0.3) is 0 Å². The maximum atomic E-state index is 11.0. The Morgan fingerprint density at radius 3 is 2.81 bits per heavy atom. The van der Waals surface area contributed by atoms with E-state index >= 15 is 0 Å². The Balaban J connectivity index is 2.16. The highest BCUT2D eigenvalue weighted by Crippen LogP contribution is 2.06. The molecule has 0 spiro atoms. The van der Waals surface area contributed by atoms with Crippen LogP contribution in [0.4, 0.5) is 0 Å². The van der Waals surface area contributed by atoms with Gasteiger partial charge in [0.15, 0.2) is 5.15 Å². The number of rotatable bonds is 6. The molecule has 0 bridgehead atoms. The summed E-state index contributed by atoms with van der Waals surface area (Å²) in [5.74, 6) is -0.135. The summed E-state index contributed by atoms with van der Waals surface area (Å²) in [7, 11) is 0. The summed E-state index contributed by atoms with van der Waals surface area (Å²) >= 11 is 5.61. The normalized spacial score (nSPS) is 10.1. The van der Waals surface area contributed by atoms with Crippen molar-refractivity contribution in [2.24, 2.45) is 0 Å². The molecule has 0 saturated heterocycles. The molecular weight excluding hydrogens is 228 g/mol. The molecule has 0 atom stereocenters. The molecule has 88 valence electrons. The van der Waals surface area contributed by atoms with Crippen LogP contribution in [0.2, 0.25) is 5.15 Å². The second kappa shape index (κ2) is 7.17. The number of nitrogens with zero attached hydrogens (tertiary/aromatic N) is 2. The molecule has 1 aromatic rings. The monoisotopic (exact) mass is 242 g/mol. The van der Waals surface area contributed by atoms with Crippen molar-refractivity contribution in [3.8, 4) is 0 Å². The Morgan fingerprint density at radius 2 is 2.19 bits per heavy atom. The van der Waals surface area contributed by atoms with Gasteiger partial charge in [0.2, 0.25) is 0 Å². The summed E-state index contributed by atoms with van der Waals surface area (Å²) in [5.41, 5.74) is 0.897. The van der Waals surface area contributed by atoms with Crippen molar-refractivity contribution >= 4 is 17.6 Å². The lowest BCUT2D eigenvalue weighted by Gasteiger charge is -2.01. The number of esters is 1.